The molecule has 1 aromatic rings. The number of ether oxygens (including phenoxy) is 1. The molecule has 120 valence electrons. The molecule has 1 fully saturated rings. The van der Waals surface area contributed by atoms with Crippen LogP contribution < -0.4 is 10.6 Å². The zero-order valence-corrected chi connectivity index (χ0v) is 13.0. The Morgan fingerprint density at radius 1 is 1.18 bits per heavy atom. The molecular formula is C17H24N2O3. The second-order valence-electron chi connectivity index (χ2n) is 5.72. The van der Waals surface area contributed by atoms with Crippen LogP contribution in [0.4, 0.5) is 4.79 Å². The van der Waals surface area contributed by atoms with Crippen LogP contribution in [0.2, 0.25) is 0 Å². The van der Waals surface area contributed by atoms with E-state index in [4.69, 9.17) is 4.74 Å². The molecule has 0 bridgehead atoms. The zero-order chi connectivity index (χ0) is 15.8. The molecule has 5 heteroatoms. The lowest BCUT2D eigenvalue weighted by Gasteiger charge is -2.24. The van der Waals surface area contributed by atoms with E-state index >= 15 is 0 Å². The van der Waals surface area contributed by atoms with Gasteiger partial charge in [-0.05, 0) is 18.4 Å². The summed E-state index contributed by atoms with van der Waals surface area (Å²) in [5.41, 5.74) is 0.982. The summed E-state index contributed by atoms with van der Waals surface area (Å²) in [5, 5.41) is 5.70. The molecule has 2 amide bonds. The second-order valence-corrected chi connectivity index (χ2v) is 5.72. The molecule has 0 aliphatic heterocycles. The standard InChI is InChI=1S/C17H24N2O3/c1-22-16(20)15(12-13-8-4-2-5-9-13)19-17(21)18-14-10-6-3-7-11-14/h2,4-5,8-9,14-15H,3,6-7,10-12H2,1H3,(H2,18,19,21)/t15-/m0/s1. The number of nitrogens with one attached hydrogen (secondary N) is 2. The van der Waals surface area contributed by atoms with E-state index in [9.17, 15) is 9.59 Å². The van der Waals surface area contributed by atoms with Gasteiger partial charge < -0.3 is 15.4 Å². The molecule has 0 unspecified atom stereocenters. The van der Waals surface area contributed by atoms with Gasteiger partial charge in [0, 0.05) is 12.5 Å². The Morgan fingerprint density at radius 3 is 2.50 bits per heavy atom. The van der Waals surface area contributed by atoms with Crippen molar-refractivity contribution in [3.63, 3.8) is 0 Å². The lowest BCUT2D eigenvalue weighted by atomic mass is 9.96. The molecule has 5 nitrogen and oxygen atoms in total. The second kappa shape index (κ2) is 8.41. The van der Waals surface area contributed by atoms with E-state index < -0.39 is 12.0 Å². The molecule has 0 saturated heterocycles. The Hall–Kier alpha value is -2.04. The maximum Gasteiger partial charge on any atom is 0.328 e. The largest absolute Gasteiger partial charge is 0.467 e. The van der Waals surface area contributed by atoms with Crippen molar-refractivity contribution in [2.24, 2.45) is 0 Å². The van der Waals surface area contributed by atoms with Crippen LogP contribution in [0.1, 0.15) is 37.7 Å². The van der Waals surface area contributed by atoms with Crippen LogP contribution in [0.5, 0.6) is 0 Å². The SMILES string of the molecule is COC(=O)[C@H](Cc1ccccc1)NC(=O)NC1CCCCC1. The number of amides is 2. The zero-order valence-electron chi connectivity index (χ0n) is 13.0. The van der Waals surface area contributed by atoms with E-state index in [0.717, 1.165) is 31.2 Å². The summed E-state index contributed by atoms with van der Waals surface area (Å²) in [5.74, 6) is -0.428. The number of rotatable bonds is 5. The molecule has 1 aromatic carbocycles. The van der Waals surface area contributed by atoms with Gasteiger partial charge in [-0.3, -0.25) is 0 Å². The van der Waals surface area contributed by atoms with Crippen molar-refractivity contribution < 1.29 is 14.3 Å². The smallest absolute Gasteiger partial charge is 0.328 e. The first-order valence-electron chi connectivity index (χ1n) is 7.88. The first-order valence-corrected chi connectivity index (χ1v) is 7.88. The van der Waals surface area contributed by atoms with Crippen LogP contribution in [0, 0.1) is 0 Å². The Labute approximate surface area is 131 Å². The van der Waals surface area contributed by atoms with Gasteiger partial charge in [0.25, 0.3) is 0 Å². The topological polar surface area (TPSA) is 67.4 Å². The summed E-state index contributed by atoms with van der Waals surface area (Å²) in [4.78, 5) is 24.0. The molecule has 22 heavy (non-hydrogen) atoms. The summed E-state index contributed by atoms with van der Waals surface area (Å²) in [6.45, 7) is 0. The van der Waals surface area contributed by atoms with Gasteiger partial charge in [-0.15, -0.1) is 0 Å². The summed E-state index contributed by atoms with van der Waals surface area (Å²) in [6, 6.07) is 8.84. The minimum atomic E-state index is -0.670. The third-order valence-corrected chi connectivity index (χ3v) is 4.01. The predicted molar refractivity (Wildman–Crippen MR) is 84.5 cm³/mol. The van der Waals surface area contributed by atoms with E-state index in [1.54, 1.807) is 0 Å². The van der Waals surface area contributed by atoms with Gasteiger partial charge in [-0.1, -0.05) is 49.6 Å². The number of carbonyl (C=O) groups is 2. The Morgan fingerprint density at radius 2 is 1.86 bits per heavy atom. The Bertz CT molecular complexity index is 484. The number of urea groups is 1. The highest BCUT2D eigenvalue weighted by molar-refractivity contribution is 5.83. The Kier molecular flexibility index (Phi) is 6.25. The highest BCUT2D eigenvalue weighted by Gasteiger charge is 2.23. The normalized spacial score (nSPS) is 16.6. The van der Waals surface area contributed by atoms with Crippen LogP contribution in [0.3, 0.4) is 0 Å². The molecule has 1 atom stereocenters. The highest BCUT2D eigenvalue weighted by Crippen LogP contribution is 2.17. The van der Waals surface area contributed by atoms with Crippen LogP contribution in [0.15, 0.2) is 30.3 Å². The molecule has 0 heterocycles. The molecule has 2 N–H and O–H groups in total. The van der Waals surface area contributed by atoms with Crippen molar-refractivity contribution in [2.75, 3.05) is 7.11 Å². The summed E-state index contributed by atoms with van der Waals surface area (Å²) >= 11 is 0. The number of esters is 1. The fourth-order valence-electron chi connectivity index (χ4n) is 2.82. The average Bonchev–Trinajstić information content (AvgIpc) is 2.55. The summed E-state index contributed by atoms with van der Waals surface area (Å²) in [7, 11) is 1.33. The van der Waals surface area contributed by atoms with Gasteiger partial charge in [-0.2, -0.15) is 0 Å². The lowest BCUT2D eigenvalue weighted by molar-refractivity contribution is -0.142. The number of benzene rings is 1. The molecule has 0 aromatic heterocycles. The van der Waals surface area contributed by atoms with Gasteiger partial charge in [0.15, 0.2) is 0 Å². The quantitative estimate of drug-likeness (QED) is 0.821. The van der Waals surface area contributed by atoms with Crippen molar-refractivity contribution >= 4 is 12.0 Å². The molecule has 1 aliphatic carbocycles. The molecule has 1 aliphatic rings. The third-order valence-electron chi connectivity index (χ3n) is 4.01. The highest BCUT2D eigenvalue weighted by atomic mass is 16.5. The fourth-order valence-corrected chi connectivity index (χ4v) is 2.82. The molecule has 0 spiro atoms. The van der Waals surface area contributed by atoms with Gasteiger partial charge in [0.1, 0.15) is 6.04 Å². The molecular weight excluding hydrogens is 280 g/mol. The summed E-state index contributed by atoms with van der Waals surface area (Å²) < 4.78 is 4.79. The Balaban J connectivity index is 1.91. The van der Waals surface area contributed by atoms with E-state index in [1.807, 2.05) is 30.3 Å². The summed E-state index contributed by atoms with van der Waals surface area (Å²) in [6.07, 6.45) is 5.97. The van der Waals surface area contributed by atoms with Gasteiger partial charge >= 0.3 is 12.0 Å². The maximum atomic E-state index is 12.1. The minimum absolute atomic E-state index is 0.212. The van der Waals surface area contributed by atoms with Crippen LogP contribution in [-0.4, -0.2) is 31.2 Å². The first-order chi connectivity index (χ1) is 10.7. The van der Waals surface area contributed by atoms with Crippen molar-refractivity contribution in [1.29, 1.82) is 0 Å². The maximum absolute atomic E-state index is 12.1. The number of hydrogen-bond donors (Lipinski definition) is 2. The van der Waals surface area contributed by atoms with Crippen molar-refractivity contribution in [3.8, 4) is 0 Å². The number of methoxy groups -OCH3 is 1. The van der Waals surface area contributed by atoms with E-state index in [-0.39, 0.29) is 12.1 Å². The minimum Gasteiger partial charge on any atom is -0.467 e. The van der Waals surface area contributed by atoms with Gasteiger partial charge in [0.05, 0.1) is 7.11 Å². The van der Waals surface area contributed by atoms with Crippen molar-refractivity contribution in [2.45, 2.75) is 50.6 Å². The van der Waals surface area contributed by atoms with E-state index in [1.165, 1.54) is 13.5 Å². The molecule has 0 radical (unpaired) electrons. The van der Waals surface area contributed by atoms with Crippen LogP contribution in [-0.2, 0) is 16.0 Å². The van der Waals surface area contributed by atoms with E-state index in [2.05, 4.69) is 10.6 Å². The fraction of sp³-hybridized carbons (Fsp3) is 0.529. The van der Waals surface area contributed by atoms with E-state index in [0.29, 0.717) is 6.42 Å². The lowest BCUT2D eigenvalue weighted by Crippen LogP contribution is -2.50. The van der Waals surface area contributed by atoms with Crippen molar-refractivity contribution in [3.05, 3.63) is 35.9 Å². The monoisotopic (exact) mass is 304 g/mol. The third kappa shape index (κ3) is 5.06. The molecule has 2 rings (SSSR count). The predicted octanol–water partition coefficient (Wildman–Crippen LogP) is 2.40. The molecule has 1 saturated carbocycles. The number of carbonyl (C=O) groups excluding carboxylic acids is 2. The van der Waals surface area contributed by atoms with Crippen molar-refractivity contribution in [1.82, 2.24) is 10.6 Å². The van der Waals surface area contributed by atoms with Gasteiger partial charge in [-0.25, -0.2) is 9.59 Å². The van der Waals surface area contributed by atoms with Gasteiger partial charge in [0.2, 0.25) is 0 Å². The first kappa shape index (κ1) is 16.3. The van der Waals surface area contributed by atoms with Crippen LogP contribution in [0.25, 0.3) is 0 Å². The number of hydrogen-bond acceptors (Lipinski definition) is 3. The average molecular weight is 304 g/mol. The van der Waals surface area contributed by atoms with Crippen LogP contribution >= 0.6 is 0 Å².